The summed E-state index contributed by atoms with van der Waals surface area (Å²) in [7, 11) is -3.82. The van der Waals surface area contributed by atoms with Crippen LogP contribution in [0.4, 0.5) is 5.13 Å². The van der Waals surface area contributed by atoms with Gasteiger partial charge in [-0.1, -0.05) is 26.2 Å². The van der Waals surface area contributed by atoms with Crippen LogP contribution in [0.2, 0.25) is 0 Å². The maximum absolute atomic E-state index is 12.2. The van der Waals surface area contributed by atoms with E-state index in [0.29, 0.717) is 6.61 Å². The molecular formula is C17H21N3O5S2. The van der Waals surface area contributed by atoms with Gasteiger partial charge in [-0.15, -0.1) is 11.3 Å². The van der Waals surface area contributed by atoms with Crippen molar-refractivity contribution in [2.75, 3.05) is 11.9 Å². The Bertz CT molecular complexity index is 892. The van der Waals surface area contributed by atoms with Crippen LogP contribution < -0.4 is 10.5 Å². The zero-order valence-electron chi connectivity index (χ0n) is 14.8. The molecule has 2 rings (SSSR count). The first-order chi connectivity index (χ1) is 12.8. The molecule has 0 unspecified atom stereocenters. The topological polar surface area (TPSA) is 128 Å². The van der Waals surface area contributed by atoms with Crippen LogP contribution in [0.3, 0.4) is 0 Å². The Morgan fingerprint density at radius 2 is 1.89 bits per heavy atom. The van der Waals surface area contributed by atoms with Crippen LogP contribution in [0, 0.1) is 0 Å². The molecule has 1 heterocycles. The Kier molecular flexibility index (Phi) is 7.45. The number of aromatic nitrogens is 1. The number of nitrogens with zero attached hydrogens (tertiary/aromatic N) is 1. The number of primary sulfonamides is 1. The largest absolute Gasteiger partial charge is 0.461 e. The number of ether oxygens (including phenoxy) is 1. The summed E-state index contributed by atoms with van der Waals surface area (Å²) < 4.78 is 27.6. The van der Waals surface area contributed by atoms with E-state index in [1.807, 2.05) is 0 Å². The number of benzene rings is 1. The van der Waals surface area contributed by atoms with E-state index in [0.717, 1.165) is 37.0 Å². The van der Waals surface area contributed by atoms with Crippen LogP contribution >= 0.6 is 11.3 Å². The van der Waals surface area contributed by atoms with E-state index in [1.165, 1.54) is 29.6 Å². The number of hydrogen-bond acceptors (Lipinski definition) is 7. The van der Waals surface area contributed by atoms with Gasteiger partial charge in [0.2, 0.25) is 10.0 Å². The van der Waals surface area contributed by atoms with Gasteiger partial charge in [0, 0.05) is 10.9 Å². The molecule has 1 aromatic carbocycles. The number of hydrogen-bond donors (Lipinski definition) is 2. The molecule has 0 aliphatic carbocycles. The van der Waals surface area contributed by atoms with Crippen molar-refractivity contribution in [3.05, 3.63) is 40.9 Å². The predicted molar refractivity (Wildman–Crippen MR) is 102 cm³/mol. The minimum absolute atomic E-state index is 0.0859. The molecule has 0 atom stereocenters. The minimum Gasteiger partial charge on any atom is -0.461 e. The SMILES string of the molecule is CCCCCCOC(=O)c1csc(NC(=O)c2ccc(S(N)(=O)=O)cc2)n1. The Hall–Kier alpha value is -2.30. The van der Waals surface area contributed by atoms with Gasteiger partial charge < -0.3 is 4.74 Å². The first kappa shape index (κ1) is 21.0. The van der Waals surface area contributed by atoms with Gasteiger partial charge in [-0.3, -0.25) is 10.1 Å². The number of anilines is 1. The quantitative estimate of drug-likeness (QED) is 0.482. The van der Waals surface area contributed by atoms with Crippen molar-refractivity contribution >= 4 is 38.4 Å². The summed E-state index contributed by atoms with van der Waals surface area (Å²) in [5.41, 5.74) is 0.369. The number of esters is 1. The Morgan fingerprint density at radius 1 is 1.19 bits per heavy atom. The van der Waals surface area contributed by atoms with Crippen molar-refractivity contribution in [3.8, 4) is 0 Å². The summed E-state index contributed by atoms with van der Waals surface area (Å²) >= 11 is 1.10. The lowest BCUT2D eigenvalue weighted by Gasteiger charge is -2.03. The van der Waals surface area contributed by atoms with Crippen molar-refractivity contribution in [2.24, 2.45) is 5.14 Å². The van der Waals surface area contributed by atoms with Crippen LogP contribution in [0.1, 0.15) is 53.5 Å². The van der Waals surface area contributed by atoms with Crippen LogP contribution in [-0.2, 0) is 14.8 Å². The normalized spacial score (nSPS) is 11.2. The maximum Gasteiger partial charge on any atom is 0.357 e. The van der Waals surface area contributed by atoms with Gasteiger partial charge in [0.1, 0.15) is 0 Å². The van der Waals surface area contributed by atoms with Crippen molar-refractivity contribution in [1.29, 1.82) is 0 Å². The number of carbonyl (C=O) groups is 2. The molecule has 3 N–H and O–H groups in total. The summed E-state index contributed by atoms with van der Waals surface area (Å²) in [6, 6.07) is 5.17. The third-order valence-corrected chi connectivity index (χ3v) is 5.30. The summed E-state index contributed by atoms with van der Waals surface area (Å²) in [4.78, 5) is 28.1. The Labute approximate surface area is 161 Å². The smallest absolute Gasteiger partial charge is 0.357 e. The molecule has 0 aliphatic rings. The standard InChI is InChI=1S/C17H21N3O5S2/c1-2-3-4-5-10-25-16(22)14-11-26-17(19-14)20-15(21)12-6-8-13(9-7-12)27(18,23)24/h6-9,11H,2-5,10H2,1H3,(H2,18,23,24)(H,19,20,21). The summed E-state index contributed by atoms with van der Waals surface area (Å²) in [6.07, 6.45) is 4.02. The van der Waals surface area contributed by atoms with Gasteiger partial charge in [0.15, 0.2) is 10.8 Å². The van der Waals surface area contributed by atoms with Gasteiger partial charge in [-0.05, 0) is 30.7 Å². The third-order valence-electron chi connectivity index (χ3n) is 3.61. The molecule has 146 valence electrons. The lowest BCUT2D eigenvalue weighted by molar-refractivity contribution is 0.0491. The van der Waals surface area contributed by atoms with Crippen molar-refractivity contribution in [1.82, 2.24) is 4.98 Å². The van der Waals surface area contributed by atoms with Crippen molar-refractivity contribution < 1.29 is 22.7 Å². The molecule has 10 heteroatoms. The number of nitrogens with one attached hydrogen (secondary N) is 1. The number of carbonyl (C=O) groups excluding carboxylic acids is 2. The highest BCUT2D eigenvalue weighted by molar-refractivity contribution is 7.89. The van der Waals surface area contributed by atoms with Gasteiger partial charge in [0.05, 0.1) is 11.5 Å². The molecule has 1 amide bonds. The fourth-order valence-corrected chi connectivity index (χ4v) is 3.35. The Morgan fingerprint density at radius 3 is 2.52 bits per heavy atom. The van der Waals surface area contributed by atoms with E-state index in [4.69, 9.17) is 9.88 Å². The average Bonchev–Trinajstić information content (AvgIpc) is 3.09. The lowest BCUT2D eigenvalue weighted by Crippen LogP contribution is -2.14. The predicted octanol–water partition coefficient (Wildman–Crippen LogP) is 2.78. The van der Waals surface area contributed by atoms with E-state index in [9.17, 15) is 18.0 Å². The molecule has 0 bridgehead atoms. The summed E-state index contributed by atoms with van der Waals surface area (Å²) in [5.74, 6) is -1.01. The second-order valence-corrected chi connectivity index (χ2v) is 8.18. The molecule has 0 saturated carbocycles. The summed E-state index contributed by atoms with van der Waals surface area (Å²) in [6.45, 7) is 2.44. The highest BCUT2D eigenvalue weighted by Gasteiger charge is 2.15. The van der Waals surface area contributed by atoms with E-state index in [2.05, 4.69) is 17.2 Å². The van der Waals surface area contributed by atoms with E-state index in [-0.39, 0.29) is 21.3 Å². The van der Waals surface area contributed by atoms with Crippen LogP contribution in [0.25, 0.3) is 0 Å². The number of unbranched alkanes of at least 4 members (excludes halogenated alkanes) is 3. The van der Waals surface area contributed by atoms with Gasteiger partial charge in [0.25, 0.3) is 5.91 Å². The Balaban J connectivity index is 1.91. The molecule has 1 aromatic heterocycles. The number of sulfonamides is 1. The minimum atomic E-state index is -3.82. The average molecular weight is 412 g/mol. The van der Waals surface area contributed by atoms with Gasteiger partial charge in [-0.25, -0.2) is 23.3 Å². The molecule has 0 saturated heterocycles. The second kappa shape index (κ2) is 9.58. The number of nitrogens with two attached hydrogens (primary N) is 1. The molecule has 0 spiro atoms. The van der Waals surface area contributed by atoms with E-state index >= 15 is 0 Å². The monoisotopic (exact) mass is 411 g/mol. The lowest BCUT2D eigenvalue weighted by atomic mass is 10.2. The van der Waals surface area contributed by atoms with E-state index < -0.39 is 21.9 Å². The fourth-order valence-electron chi connectivity index (χ4n) is 2.16. The first-order valence-electron chi connectivity index (χ1n) is 8.38. The molecular weight excluding hydrogens is 390 g/mol. The molecule has 2 aromatic rings. The maximum atomic E-state index is 12.2. The molecule has 0 radical (unpaired) electrons. The van der Waals surface area contributed by atoms with Crippen molar-refractivity contribution in [3.63, 3.8) is 0 Å². The number of rotatable bonds is 9. The number of thiazole rings is 1. The zero-order chi connectivity index (χ0) is 19.9. The van der Waals surface area contributed by atoms with Crippen LogP contribution in [-0.4, -0.2) is 31.9 Å². The summed E-state index contributed by atoms with van der Waals surface area (Å²) in [5, 5.41) is 9.32. The highest BCUT2D eigenvalue weighted by atomic mass is 32.2. The molecule has 0 fully saturated rings. The van der Waals surface area contributed by atoms with Gasteiger partial charge in [-0.2, -0.15) is 0 Å². The van der Waals surface area contributed by atoms with Crippen LogP contribution in [0.15, 0.2) is 34.5 Å². The fraction of sp³-hybridized carbons (Fsp3) is 0.353. The molecule has 8 nitrogen and oxygen atoms in total. The third kappa shape index (κ3) is 6.42. The first-order valence-corrected chi connectivity index (χ1v) is 10.8. The second-order valence-electron chi connectivity index (χ2n) is 5.76. The van der Waals surface area contributed by atoms with Gasteiger partial charge >= 0.3 is 5.97 Å². The number of amides is 1. The van der Waals surface area contributed by atoms with Crippen molar-refractivity contribution in [2.45, 2.75) is 37.5 Å². The molecule has 27 heavy (non-hydrogen) atoms. The zero-order valence-corrected chi connectivity index (χ0v) is 16.4. The highest BCUT2D eigenvalue weighted by Crippen LogP contribution is 2.18. The van der Waals surface area contributed by atoms with E-state index in [1.54, 1.807) is 0 Å². The molecule has 0 aliphatic heterocycles. The van der Waals surface area contributed by atoms with Crippen LogP contribution in [0.5, 0.6) is 0 Å².